The second-order valence-corrected chi connectivity index (χ2v) is 3.48. The van der Waals surface area contributed by atoms with E-state index in [1.165, 1.54) is 6.08 Å². The molecule has 4 nitrogen and oxygen atoms in total. The van der Waals surface area contributed by atoms with Gasteiger partial charge in [-0.3, -0.25) is 4.79 Å². The van der Waals surface area contributed by atoms with Crippen molar-refractivity contribution in [1.82, 2.24) is 5.32 Å². The van der Waals surface area contributed by atoms with Crippen molar-refractivity contribution in [3.8, 4) is 5.75 Å². The zero-order valence-corrected chi connectivity index (χ0v) is 8.55. The number of para-hydroxylation sites is 1. The van der Waals surface area contributed by atoms with Gasteiger partial charge in [-0.1, -0.05) is 24.3 Å². The second kappa shape index (κ2) is 4.61. The lowest BCUT2D eigenvalue weighted by Crippen LogP contribution is -2.34. The maximum atomic E-state index is 11.4. The van der Waals surface area contributed by atoms with E-state index in [0.29, 0.717) is 12.2 Å². The first-order chi connectivity index (χ1) is 7.74. The third-order valence-electron chi connectivity index (χ3n) is 2.19. The molecule has 0 aromatic heterocycles. The van der Waals surface area contributed by atoms with Gasteiger partial charge in [0.1, 0.15) is 5.75 Å². The van der Waals surface area contributed by atoms with Gasteiger partial charge in [-0.15, -0.1) is 0 Å². The molecule has 1 aromatic rings. The molecule has 0 spiro atoms. The van der Waals surface area contributed by atoms with Crippen LogP contribution in [0.4, 0.5) is 4.79 Å². The van der Waals surface area contributed by atoms with Crippen LogP contribution in [0.15, 0.2) is 42.5 Å². The van der Waals surface area contributed by atoms with Gasteiger partial charge in [0.05, 0.1) is 6.04 Å². The van der Waals surface area contributed by atoms with Gasteiger partial charge in [-0.25, -0.2) is 4.79 Å². The molecular weight excluding hydrogens is 206 g/mol. The molecule has 1 amide bonds. The highest BCUT2D eigenvalue weighted by Crippen LogP contribution is 2.10. The molecule has 82 valence electrons. The van der Waals surface area contributed by atoms with Crippen LogP contribution in [-0.4, -0.2) is 17.9 Å². The number of carbonyl (C=O) groups is 2. The predicted octanol–water partition coefficient (Wildman–Crippen LogP) is 1.67. The van der Waals surface area contributed by atoms with E-state index < -0.39 is 6.09 Å². The average molecular weight is 217 g/mol. The van der Waals surface area contributed by atoms with Crippen molar-refractivity contribution in [3.63, 3.8) is 0 Å². The van der Waals surface area contributed by atoms with Crippen molar-refractivity contribution >= 4 is 11.9 Å². The second-order valence-electron chi connectivity index (χ2n) is 3.48. The molecule has 0 aliphatic heterocycles. The van der Waals surface area contributed by atoms with Crippen LogP contribution in [0, 0.1) is 0 Å². The lowest BCUT2D eigenvalue weighted by Gasteiger charge is -2.10. The van der Waals surface area contributed by atoms with E-state index in [0.717, 1.165) is 0 Å². The highest BCUT2D eigenvalue weighted by molar-refractivity contribution is 5.93. The normalized spacial score (nSPS) is 18.5. The molecular formula is C12H11NO3. The van der Waals surface area contributed by atoms with Crippen LogP contribution in [0.5, 0.6) is 5.75 Å². The summed E-state index contributed by atoms with van der Waals surface area (Å²) in [5, 5.41) is 2.59. The lowest BCUT2D eigenvalue weighted by molar-refractivity contribution is -0.114. The van der Waals surface area contributed by atoms with Crippen LogP contribution in [0.25, 0.3) is 0 Å². The SMILES string of the molecule is O=C1C=CC(NC(=O)Oc2ccccc2)C1. The summed E-state index contributed by atoms with van der Waals surface area (Å²) in [6, 6.07) is 8.53. The Labute approximate surface area is 92.9 Å². The number of carbonyl (C=O) groups excluding carboxylic acids is 2. The van der Waals surface area contributed by atoms with Gasteiger partial charge >= 0.3 is 6.09 Å². The van der Waals surface area contributed by atoms with Crippen molar-refractivity contribution in [2.45, 2.75) is 12.5 Å². The molecule has 1 aliphatic carbocycles. The number of allylic oxidation sites excluding steroid dienone is 1. The number of benzene rings is 1. The van der Waals surface area contributed by atoms with Crippen molar-refractivity contribution in [3.05, 3.63) is 42.5 Å². The minimum Gasteiger partial charge on any atom is -0.410 e. The average Bonchev–Trinajstić information content (AvgIpc) is 2.65. The van der Waals surface area contributed by atoms with Gasteiger partial charge in [0.2, 0.25) is 0 Å². The molecule has 0 fully saturated rings. The summed E-state index contributed by atoms with van der Waals surface area (Å²) in [6.07, 6.45) is 2.89. The Morgan fingerprint density at radius 3 is 2.69 bits per heavy atom. The predicted molar refractivity (Wildman–Crippen MR) is 58.2 cm³/mol. The van der Waals surface area contributed by atoms with Crippen LogP contribution in [0.3, 0.4) is 0 Å². The summed E-state index contributed by atoms with van der Waals surface area (Å²) in [5.41, 5.74) is 0. The molecule has 0 saturated heterocycles. The van der Waals surface area contributed by atoms with Crippen molar-refractivity contribution in [2.75, 3.05) is 0 Å². The van der Waals surface area contributed by atoms with E-state index in [-0.39, 0.29) is 11.8 Å². The fourth-order valence-electron chi connectivity index (χ4n) is 1.45. The van der Waals surface area contributed by atoms with E-state index in [1.807, 2.05) is 6.07 Å². The molecule has 1 aliphatic rings. The maximum Gasteiger partial charge on any atom is 0.413 e. The zero-order chi connectivity index (χ0) is 11.4. The summed E-state index contributed by atoms with van der Waals surface area (Å²) in [4.78, 5) is 22.3. The largest absolute Gasteiger partial charge is 0.413 e. The Bertz CT molecular complexity index is 425. The smallest absolute Gasteiger partial charge is 0.410 e. The number of ketones is 1. The van der Waals surface area contributed by atoms with E-state index in [2.05, 4.69) is 5.32 Å². The molecule has 1 unspecified atom stereocenters. The lowest BCUT2D eigenvalue weighted by atomic mass is 10.2. The number of rotatable bonds is 2. The van der Waals surface area contributed by atoms with Gasteiger partial charge in [-0.2, -0.15) is 0 Å². The Kier molecular flexibility index (Phi) is 3.00. The Morgan fingerprint density at radius 1 is 1.31 bits per heavy atom. The number of nitrogens with one attached hydrogen (secondary N) is 1. The highest BCUT2D eigenvalue weighted by atomic mass is 16.6. The van der Waals surface area contributed by atoms with Gasteiger partial charge in [0, 0.05) is 6.42 Å². The molecule has 4 heteroatoms. The number of ether oxygens (including phenoxy) is 1. The van der Waals surface area contributed by atoms with Crippen molar-refractivity contribution in [1.29, 1.82) is 0 Å². The summed E-state index contributed by atoms with van der Waals surface area (Å²) < 4.78 is 5.02. The summed E-state index contributed by atoms with van der Waals surface area (Å²) in [6.45, 7) is 0. The Balaban J connectivity index is 1.86. The molecule has 1 N–H and O–H groups in total. The molecule has 2 rings (SSSR count). The number of hydrogen-bond donors (Lipinski definition) is 1. The summed E-state index contributed by atoms with van der Waals surface area (Å²) in [5.74, 6) is 0.498. The van der Waals surface area contributed by atoms with E-state index in [1.54, 1.807) is 30.3 Å². The molecule has 0 heterocycles. The fourth-order valence-corrected chi connectivity index (χ4v) is 1.45. The van der Waals surface area contributed by atoms with Gasteiger partial charge in [-0.05, 0) is 18.2 Å². The molecule has 1 aromatic carbocycles. The van der Waals surface area contributed by atoms with Crippen LogP contribution in [0.2, 0.25) is 0 Å². The molecule has 0 saturated carbocycles. The first-order valence-electron chi connectivity index (χ1n) is 4.98. The minimum absolute atomic E-state index is 0.0185. The maximum absolute atomic E-state index is 11.4. The van der Waals surface area contributed by atoms with Crippen LogP contribution < -0.4 is 10.1 Å². The van der Waals surface area contributed by atoms with Crippen LogP contribution >= 0.6 is 0 Å². The fraction of sp³-hybridized carbons (Fsp3) is 0.167. The van der Waals surface area contributed by atoms with Crippen molar-refractivity contribution in [2.24, 2.45) is 0 Å². The topological polar surface area (TPSA) is 55.4 Å². The third kappa shape index (κ3) is 2.70. The first-order valence-corrected chi connectivity index (χ1v) is 4.98. The third-order valence-corrected chi connectivity index (χ3v) is 2.19. The number of hydrogen-bond acceptors (Lipinski definition) is 3. The monoisotopic (exact) mass is 217 g/mol. The Hall–Kier alpha value is -2.10. The van der Waals surface area contributed by atoms with Crippen molar-refractivity contribution < 1.29 is 14.3 Å². The minimum atomic E-state index is -0.546. The Morgan fingerprint density at radius 2 is 2.06 bits per heavy atom. The molecule has 16 heavy (non-hydrogen) atoms. The van der Waals surface area contributed by atoms with Gasteiger partial charge in [0.15, 0.2) is 5.78 Å². The molecule has 1 atom stereocenters. The van der Waals surface area contributed by atoms with Gasteiger partial charge in [0.25, 0.3) is 0 Å². The van der Waals surface area contributed by atoms with Crippen LogP contribution in [0.1, 0.15) is 6.42 Å². The highest BCUT2D eigenvalue weighted by Gasteiger charge is 2.18. The first kappa shape index (κ1) is 10.4. The number of amides is 1. The molecule has 0 bridgehead atoms. The standard InChI is InChI=1S/C12H11NO3/c14-10-7-6-9(8-10)13-12(15)16-11-4-2-1-3-5-11/h1-7,9H,8H2,(H,13,15). The van der Waals surface area contributed by atoms with E-state index >= 15 is 0 Å². The van der Waals surface area contributed by atoms with E-state index in [9.17, 15) is 9.59 Å². The van der Waals surface area contributed by atoms with Gasteiger partial charge < -0.3 is 10.1 Å². The molecule has 0 radical (unpaired) electrons. The van der Waals surface area contributed by atoms with E-state index in [4.69, 9.17) is 4.74 Å². The zero-order valence-electron chi connectivity index (χ0n) is 8.55. The van der Waals surface area contributed by atoms with Crippen LogP contribution in [-0.2, 0) is 4.79 Å². The summed E-state index contributed by atoms with van der Waals surface area (Å²) >= 11 is 0. The summed E-state index contributed by atoms with van der Waals surface area (Å²) in [7, 11) is 0. The quantitative estimate of drug-likeness (QED) is 0.819.